The predicted molar refractivity (Wildman–Crippen MR) is 78.6 cm³/mol. The summed E-state index contributed by atoms with van der Waals surface area (Å²) >= 11 is 0. The number of rotatable bonds is 5. The van der Waals surface area contributed by atoms with Crippen LogP contribution in [-0.4, -0.2) is 19.7 Å². The fourth-order valence-electron chi connectivity index (χ4n) is 1.65. The fraction of sp³-hybridized carbons (Fsp3) is 0.0667. The minimum absolute atomic E-state index is 0.765. The smallest absolute Gasteiger partial charge is 0.213 e. The van der Waals surface area contributed by atoms with Gasteiger partial charge in [-0.05, 0) is 17.7 Å². The van der Waals surface area contributed by atoms with E-state index in [4.69, 9.17) is 0 Å². The van der Waals surface area contributed by atoms with E-state index in [9.17, 15) is 4.79 Å². The summed E-state index contributed by atoms with van der Waals surface area (Å²) in [5, 5.41) is 4.17. The second-order valence-corrected chi connectivity index (χ2v) is 4.01. The summed E-state index contributed by atoms with van der Waals surface area (Å²) in [6.45, 7) is 0. The molecule has 1 amide bonds. The van der Waals surface area contributed by atoms with Crippen molar-refractivity contribution < 1.29 is 4.79 Å². The number of anilines is 2. The van der Waals surface area contributed by atoms with Crippen LogP contribution in [0.3, 0.4) is 0 Å². The van der Waals surface area contributed by atoms with Crippen LogP contribution in [0.2, 0.25) is 0 Å². The summed E-state index contributed by atoms with van der Waals surface area (Å²) in [4.78, 5) is 12.3. The molecule has 2 aromatic rings. The van der Waals surface area contributed by atoms with Gasteiger partial charge in [-0.15, -0.1) is 0 Å². The van der Waals surface area contributed by atoms with Crippen LogP contribution in [0.4, 0.5) is 11.4 Å². The summed E-state index contributed by atoms with van der Waals surface area (Å²) in [6.07, 6.45) is 2.50. The molecule has 0 unspecified atom stereocenters. The first-order valence-electron chi connectivity index (χ1n) is 5.92. The van der Waals surface area contributed by atoms with Crippen molar-refractivity contribution in [3.8, 4) is 0 Å². The summed E-state index contributed by atoms with van der Waals surface area (Å²) in [7, 11) is 1.70. The van der Waals surface area contributed by atoms with Gasteiger partial charge in [0.2, 0.25) is 6.41 Å². The van der Waals surface area contributed by atoms with Crippen molar-refractivity contribution in [1.29, 1.82) is 0 Å². The van der Waals surface area contributed by atoms with Gasteiger partial charge in [-0.3, -0.25) is 10.2 Å². The van der Waals surface area contributed by atoms with Gasteiger partial charge in [-0.1, -0.05) is 42.5 Å². The van der Waals surface area contributed by atoms with E-state index in [-0.39, 0.29) is 0 Å². The number of nitrogens with one attached hydrogen (secondary N) is 1. The van der Waals surface area contributed by atoms with Gasteiger partial charge in [-0.25, -0.2) is 0 Å². The van der Waals surface area contributed by atoms with Crippen molar-refractivity contribution in [2.45, 2.75) is 0 Å². The molecule has 0 aliphatic carbocycles. The number of hydrogen-bond acceptors (Lipinski definition) is 3. The Kier molecular flexibility index (Phi) is 4.29. The quantitative estimate of drug-likeness (QED) is 0.506. The van der Waals surface area contributed by atoms with Crippen LogP contribution >= 0.6 is 0 Å². The Hall–Kier alpha value is -2.62. The molecule has 0 aromatic heterocycles. The lowest BCUT2D eigenvalue weighted by Gasteiger charge is -2.14. The molecule has 0 spiro atoms. The second-order valence-electron chi connectivity index (χ2n) is 4.01. The van der Waals surface area contributed by atoms with E-state index in [0.717, 1.165) is 23.3 Å². The van der Waals surface area contributed by atoms with E-state index in [0.29, 0.717) is 0 Å². The number of para-hydroxylation sites is 2. The lowest BCUT2D eigenvalue weighted by molar-refractivity contribution is -0.107. The van der Waals surface area contributed by atoms with Gasteiger partial charge < -0.3 is 4.90 Å². The number of hydrazone groups is 1. The van der Waals surface area contributed by atoms with Crippen molar-refractivity contribution in [2.75, 3.05) is 17.4 Å². The highest BCUT2D eigenvalue weighted by atomic mass is 16.1. The molecule has 0 atom stereocenters. The number of carbonyl (C=O) groups is 1. The molecule has 1 N–H and O–H groups in total. The Balaban J connectivity index is 2.12. The molecule has 0 radical (unpaired) electrons. The van der Waals surface area contributed by atoms with Crippen molar-refractivity contribution >= 4 is 24.0 Å². The normalized spacial score (nSPS) is 10.4. The molecule has 0 aliphatic rings. The molecule has 0 aliphatic heterocycles. The number of amides is 1. The van der Waals surface area contributed by atoms with E-state index in [2.05, 4.69) is 10.5 Å². The maximum Gasteiger partial charge on any atom is 0.213 e. The monoisotopic (exact) mass is 253 g/mol. The van der Waals surface area contributed by atoms with Crippen LogP contribution in [0.1, 0.15) is 5.56 Å². The van der Waals surface area contributed by atoms with Crippen LogP contribution < -0.4 is 10.3 Å². The highest BCUT2D eigenvalue weighted by Crippen LogP contribution is 2.23. The largest absolute Gasteiger partial charge is 0.316 e. The fourth-order valence-corrected chi connectivity index (χ4v) is 1.65. The number of hydrogen-bond donors (Lipinski definition) is 1. The van der Waals surface area contributed by atoms with Crippen LogP contribution in [0, 0.1) is 0 Å². The molecule has 4 heteroatoms. The van der Waals surface area contributed by atoms with E-state index < -0.39 is 0 Å². The summed E-state index contributed by atoms with van der Waals surface area (Å²) in [5.74, 6) is 0. The molecule has 19 heavy (non-hydrogen) atoms. The Morgan fingerprint density at radius 2 is 1.74 bits per heavy atom. The predicted octanol–water partition coefficient (Wildman–Crippen LogP) is 2.73. The molecule has 0 fully saturated rings. The van der Waals surface area contributed by atoms with Gasteiger partial charge in [0.1, 0.15) is 0 Å². The number of benzene rings is 2. The van der Waals surface area contributed by atoms with Crippen molar-refractivity contribution in [2.24, 2.45) is 5.10 Å². The average molecular weight is 253 g/mol. The van der Waals surface area contributed by atoms with Crippen molar-refractivity contribution in [3.63, 3.8) is 0 Å². The molecule has 2 aromatic carbocycles. The third-order valence-corrected chi connectivity index (χ3v) is 2.64. The van der Waals surface area contributed by atoms with E-state index in [1.54, 1.807) is 13.3 Å². The molecule has 96 valence electrons. The zero-order chi connectivity index (χ0) is 13.5. The molecular formula is C15H15N3O. The number of carbonyl (C=O) groups excluding carboxylic acids is 1. The van der Waals surface area contributed by atoms with Crippen LogP contribution in [0.5, 0.6) is 0 Å². The third-order valence-electron chi connectivity index (χ3n) is 2.64. The van der Waals surface area contributed by atoms with Gasteiger partial charge in [0.25, 0.3) is 0 Å². The SMILES string of the molecule is CN(C=O)c1ccccc1N/N=C/c1ccccc1. The second kappa shape index (κ2) is 6.35. The minimum atomic E-state index is 0.765. The molecular weight excluding hydrogens is 238 g/mol. The van der Waals surface area contributed by atoms with Gasteiger partial charge in [0.15, 0.2) is 0 Å². The molecule has 4 nitrogen and oxygen atoms in total. The van der Waals surface area contributed by atoms with E-state index in [1.807, 2.05) is 54.6 Å². The van der Waals surface area contributed by atoms with Gasteiger partial charge in [0.05, 0.1) is 17.6 Å². The van der Waals surface area contributed by atoms with Crippen LogP contribution in [-0.2, 0) is 4.79 Å². The Morgan fingerprint density at radius 3 is 2.47 bits per heavy atom. The third kappa shape index (κ3) is 3.42. The zero-order valence-corrected chi connectivity index (χ0v) is 10.7. The lowest BCUT2D eigenvalue weighted by Crippen LogP contribution is -2.15. The van der Waals surface area contributed by atoms with Gasteiger partial charge in [0, 0.05) is 7.05 Å². The van der Waals surface area contributed by atoms with Crippen LogP contribution in [0.25, 0.3) is 0 Å². The molecule has 2 rings (SSSR count). The van der Waals surface area contributed by atoms with Gasteiger partial charge >= 0.3 is 0 Å². The highest BCUT2D eigenvalue weighted by Gasteiger charge is 2.04. The Bertz CT molecular complexity index is 567. The minimum Gasteiger partial charge on any atom is -0.316 e. The first-order valence-corrected chi connectivity index (χ1v) is 5.92. The van der Waals surface area contributed by atoms with E-state index >= 15 is 0 Å². The average Bonchev–Trinajstić information content (AvgIpc) is 2.48. The Morgan fingerprint density at radius 1 is 1.05 bits per heavy atom. The summed E-state index contributed by atoms with van der Waals surface area (Å²) in [6, 6.07) is 17.3. The standard InChI is InChI=1S/C15H15N3O/c1-18(12-19)15-10-6-5-9-14(15)17-16-11-13-7-3-2-4-8-13/h2-12,17H,1H3/b16-11+. The Labute approximate surface area is 112 Å². The maximum absolute atomic E-state index is 10.8. The van der Waals surface area contributed by atoms with Crippen LogP contribution in [0.15, 0.2) is 59.7 Å². The lowest BCUT2D eigenvalue weighted by atomic mass is 10.2. The first-order chi connectivity index (χ1) is 9.31. The zero-order valence-electron chi connectivity index (χ0n) is 10.7. The van der Waals surface area contributed by atoms with Crippen molar-refractivity contribution in [1.82, 2.24) is 0 Å². The maximum atomic E-state index is 10.8. The summed E-state index contributed by atoms with van der Waals surface area (Å²) in [5.41, 5.74) is 5.52. The summed E-state index contributed by atoms with van der Waals surface area (Å²) < 4.78 is 0. The molecule has 0 bridgehead atoms. The first kappa shape index (κ1) is 12.8. The molecule has 0 saturated heterocycles. The highest BCUT2D eigenvalue weighted by molar-refractivity contribution is 5.84. The topological polar surface area (TPSA) is 44.7 Å². The molecule has 0 saturated carbocycles. The van der Waals surface area contributed by atoms with Gasteiger partial charge in [-0.2, -0.15) is 5.10 Å². The van der Waals surface area contributed by atoms with E-state index in [1.165, 1.54) is 4.90 Å². The molecule has 0 heterocycles. The van der Waals surface area contributed by atoms with Crippen molar-refractivity contribution in [3.05, 3.63) is 60.2 Å². The number of nitrogens with zero attached hydrogens (tertiary/aromatic N) is 2.